The largest absolute Gasteiger partial charge is 0.342 e. The number of piperidine rings is 1. The summed E-state index contributed by atoms with van der Waals surface area (Å²) in [6.07, 6.45) is 2.21. The van der Waals surface area contributed by atoms with Crippen molar-refractivity contribution < 1.29 is 4.79 Å². The molecule has 0 radical (unpaired) electrons. The molecule has 1 aromatic carbocycles. The molecule has 0 spiro atoms. The number of aromatic nitrogens is 2. The topological polar surface area (TPSA) is 58.1 Å². The Kier molecular flexibility index (Phi) is 5.96. The van der Waals surface area contributed by atoms with Crippen LogP contribution in [0.25, 0.3) is 0 Å². The molecule has 1 unspecified atom stereocenters. The summed E-state index contributed by atoms with van der Waals surface area (Å²) in [5, 5.41) is 12.3. The lowest BCUT2D eigenvalue weighted by Gasteiger charge is -2.31. The second kappa shape index (κ2) is 8.19. The van der Waals surface area contributed by atoms with Crippen LogP contribution < -0.4 is 5.32 Å². The van der Waals surface area contributed by atoms with Gasteiger partial charge >= 0.3 is 0 Å². The molecule has 1 amide bonds. The first-order valence-electron chi connectivity index (χ1n) is 8.64. The molecule has 1 aliphatic heterocycles. The van der Waals surface area contributed by atoms with Crippen LogP contribution in [0.3, 0.4) is 0 Å². The summed E-state index contributed by atoms with van der Waals surface area (Å²) < 4.78 is 0.820. The maximum absolute atomic E-state index is 12.6. The molecule has 1 saturated heterocycles. The standard InChI is InChI=1S/C18H24N4OS2/c1-12-4-6-15(7-5-12)19-17-20-21-18(25-17)24-14(3)16(23)22-10-8-13(2)9-11-22/h4-7,13-14H,8-11H2,1-3H3,(H,19,20). The first-order valence-corrected chi connectivity index (χ1v) is 10.3. The predicted octanol–water partition coefficient (Wildman–Crippen LogP) is 4.33. The van der Waals surface area contributed by atoms with E-state index in [0.717, 1.165) is 47.0 Å². The molecule has 1 aromatic heterocycles. The third kappa shape index (κ3) is 4.95. The molecule has 5 nitrogen and oxygen atoms in total. The van der Waals surface area contributed by atoms with Crippen LogP contribution in [0.15, 0.2) is 28.6 Å². The normalized spacial score (nSPS) is 16.7. The van der Waals surface area contributed by atoms with Crippen LogP contribution in [0.1, 0.15) is 32.3 Å². The third-order valence-electron chi connectivity index (χ3n) is 4.43. The third-order valence-corrected chi connectivity index (χ3v) is 6.44. The fourth-order valence-corrected chi connectivity index (χ4v) is 4.76. The highest BCUT2D eigenvalue weighted by Gasteiger charge is 2.25. The number of anilines is 2. The van der Waals surface area contributed by atoms with E-state index in [2.05, 4.69) is 41.5 Å². The van der Waals surface area contributed by atoms with E-state index < -0.39 is 0 Å². The highest BCUT2D eigenvalue weighted by atomic mass is 32.2. The summed E-state index contributed by atoms with van der Waals surface area (Å²) in [5.74, 6) is 0.936. The molecule has 1 N–H and O–H groups in total. The zero-order chi connectivity index (χ0) is 17.8. The summed E-state index contributed by atoms with van der Waals surface area (Å²) >= 11 is 2.98. The predicted molar refractivity (Wildman–Crippen MR) is 105 cm³/mol. The molecular weight excluding hydrogens is 352 g/mol. The average Bonchev–Trinajstić information content (AvgIpc) is 3.04. The van der Waals surface area contributed by atoms with Crippen molar-refractivity contribution in [3.05, 3.63) is 29.8 Å². The monoisotopic (exact) mass is 376 g/mol. The van der Waals surface area contributed by atoms with E-state index in [4.69, 9.17) is 0 Å². The smallest absolute Gasteiger partial charge is 0.235 e. The van der Waals surface area contributed by atoms with Gasteiger partial charge in [-0.15, -0.1) is 10.2 Å². The lowest BCUT2D eigenvalue weighted by atomic mass is 9.99. The number of carbonyl (C=O) groups excluding carboxylic acids is 1. The number of likely N-dealkylation sites (tertiary alicyclic amines) is 1. The van der Waals surface area contributed by atoms with Crippen molar-refractivity contribution in [2.45, 2.75) is 43.2 Å². The van der Waals surface area contributed by atoms with Gasteiger partial charge in [0.15, 0.2) is 4.34 Å². The molecule has 7 heteroatoms. The lowest BCUT2D eigenvalue weighted by molar-refractivity contribution is -0.131. The van der Waals surface area contributed by atoms with Crippen LogP contribution in [0.5, 0.6) is 0 Å². The lowest BCUT2D eigenvalue weighted by Crippen LogP contribution is -2.41. The molecule has 0 aliphatic carbocycles. The Hall–Kier alpha value is -1.60. The van der Waals surface area contributed by atoms with Crippen LogP contribution in [0, 0.1) is 12.8 Å². The van der Waals surface area contributed by atoms with Gasteiger partial charge in [0, 0.05) is 18.8 Å². The van der Waals surface area contributed by atoms with E-state index in [9.17, 15) is 4.79 Å². The molecule has 134 valence electrons. The fraction of sp³-hybridized carbons (Fsp3) is 0.500. The number of rotatable bonds is 5. The van der Waals surface area contributed by atoms with E-state index in [-0.39, 0.29) is 11.2 Å². The molecule has 1 atom stereocenters. The number of nitrogens with zero attached hydrogens (tertiary/aromatic N) is 3. The molecule has 0 bridgehead atoms. The Morgan fingerprint density at radius 3 is 2.64 bits per heavy atom. The zero-order valence-electron chi connectivity index (χ0n) is 14.9. The SMILES string of the molecule is Cc1ccc(Nc2nnc(SC(C)C(=O)N3CCC(C)CC3)s2)cc1. The van der Waals surface area contributed by atoms with Crippen LogP contribution in [-0.4, -0.2) is 39.3 Å². The van der Waals surface area contributed by atoms with Crippen LogP contribution in [0.4, 0.5) is 10.8 Å². The average molecular weight is 377 g/mol. The van der Waals surface area contributed by atoms with E-state index in [1.165, 1.54) is 28.7 Å². The van der Waals surface area contributed by atoms with Gasteiger partial charge in [-0.25, -0.2) is 0 Å². The Labute approximate surface area is 157 Å². The summed E-state index contributed by atoms with van der Waals surface area (Å²) in [7, 11) is 0. The minimum atomic E-state index is -0.131. The van der Waals surface area contributed by atoms with Crippen molar-refractivity contribution >= 4 is 39.8 Å². The van der Waals surface area contributed by atoms with Crippen molar-refractivity contribution in [1.82, 2.24) is 15.1 Å². The van der Waals surface area contributed by atoms with Gasteiger partial charge in [-0.1, -0.05) is 47.7 Å². The number of hydrogen-bond acceptors (Lipinski definition) is 6. The first-order chi connectivity index (χ1) is 12.0. The van der Waals surface area contributed by atoms with E-state index in [0.29, 0.717) is 0 Å². The van der Waals surface area contributed by atoms with Gasteiger partial charge < -0.3 is 10.2 Å². The van der Waals surface area contributed by atoms with Crippen molar-refractivity contribution in [1.29, 1.82) is 0 Å². The zero-order valence-corrected chi connectivity index (χ0v) is 16.5. The van der Waals surface area contributed by atoms with Crippen molar-refractivity contribution in [3.63, 3.8) is 0 Å². The van der Waals surface area contributed by atoms with Crippen molar-refractivity contribution in [2.24, 2.45) is 5.92 Å². The Morgan fingerprint density at radius 1 is 1.28 bits per heavy atom. The van der Waals surface area contributed by atoms with Crippen molar-refractivity contribution in [2.75, 3.05) is 18.4 Å². The van der Waals surface area contributed by atoms with Crippen LogP contribution in [-0.2, 0) is 4.79 Å². The fourth-order valence-electron chi connectivity index (χ4n) is 2.76. The maximum Gasteiger partial charge on any atom is 0.235 e. The van der Waals surface area contributed by atoms with Gasteiger partial charge in [-0.05, 0) is 44.7 Å². The number of amides is 1. The first kappa shape index (κ1) is 18.2. The molecule has 1 aliphatic rings. The summed E-state index contributed by atoms with van der Waals surface area (Å²) in [6.45, 7) is 8.02. The van der Waals surface area contributed by atoms with Gasteiger partial charge in [-0.3, -0.25) is 4.79 Å². The van der Waals surface area contributed by atoms with Gasteiger partial charge in [0.1, 0.15) is 0 Å². The Morgan fingerprint density at radius 2 is 1.96 bits per heavy atom. The Bertz CT molecular complexity index is 708. The number of hydrogen-bond donors (Lipinski definition) is 1. The number of carbonyl (C=O) groups is 1. The molecule has 2 aromatic rings. The molecule has 3 rings (SSSR count). The highest BCUT2D eigenvalue weighted by Crippen LogP contribution is 2.31. The van der Waals surface area contributed by atoms with Crippen LogP contribution >= 0.6 is 23.1 Å². The molecule has 25 heavy (non-hydrogen) atoms. The summed E-state index contributed by atoms with van der Waals surface area (Å²) in [5.41, 5.74) is 2.21. The number of benzene rings is 1. The van der Waals surface area contributed by atoms with E-state index in [1.54, 1.807) is 0 Å². The Balaban J connectivity index is 1.55. The van der Waals surface area contributed by atoms with Gasteiger partial charge in [0.2, 0.25) is 11.0 Å². The highest BCUT2D eigenvalue weighted by molar-refractivity contribution is 8.02. The minimum Gasteiger partial charge on any atom is -0.342 e. The summed E-state index contributed by atoms with van der Waals surface area (Å²) in [6, 6.07) is 8.15. The van der Waals surface area contributed by atoms with E-state index >= 15 is 0 Å². The number of nitrogens with one attached hydrogen (secondary N) is 1. The number of aryl methyl sites for hydroxylation is 1. The second-order valence-corrected chi connectivity index (χ2v) is 9.20. The second-order valence-electron chi connectivity index (χ2n) is 6.63. The van der Waals surface area contributed by atoms with Crippen molar-refractivity contribution in [3.8, 4) is 0 Å². The quantitative estimate of drug-likeness (QED) is 0.787. The van der Waals surface area contributed by atoms with Gasteiger partial charge in [-0.2, -0.15) is 0 Å². The van der Waals surface area contributed by atoms with Crippen LogP contribution in [0.2, 0.25) is 0 Å². The molecule has 0 saturated carbocycles. The summed E-state index contributed by atoms with van der Waals surface area (Å²) in [4.78, 5) is 14.6. The molecular formula is C18H24N4OS2. The van der Waals surface area contributed by atoms with Gasteiger partial charge in [0.25, 0.3) is 0 Å². The molecule has 1 fully saturated rings. The maximum atomic E-state index is 12.6. The van der Waals surface area contributed by atoms with E-state index in [1.807, 2.05) is 24.0 Å². The number of thioether (sulfide) groups is 1. The van der Waals surface area contributed by atoms with Gasteiger partial charge in [0.05, 0.1) is 5.25 Å². The minimum absolute atomic E-state index is 0.131. The molecule has 2 heterocycles.